The fraction of sp³-hybridized carbons (Fsp3) is 0.176. The SMILES string of the molecule is Cc1ccc2c(c1)s/c(=N\N=c1\sc3cc(S(=O)(=O)[O-])ccc3n1C)n2C. The molecule has 2 aromatic carbocycles. The Bertz CT molecular complexity index is 1440. The number of aryl methyl sites for hydroxylation is 3. The van der Waals surface area contributed by atoms with Gasteiger partial charge in [-0.25, -0.2) is 8.42 Å². The van der Waals surface area contributed by atoms with Gasteiger partial charge in [-0.3, -0.25) is 0 Å². The zero-order valence-electron chi connectivity index (χ0n) is 14.7. The van der Waals surface area contributed by atoms with Crippen molar-refractivity contribution in [2.75, 3.05) is 0 Å². The lowest BCUT2D eigenvalue weighted by atomic mass is 10.2. The number of hydrogen-bond donors (Lipinski definition) is 0. The molecule has 0 aliphatic carbocycles. The second-order valence-corrected chi connectivity index (χ2v) is 9.54. The quantitative estimate of drug-likeness (QED) is 0.369. The summed E-state index contributed by atoms with van der Waals surface area (Å²) in [5.74, 6) is 0. The third-order valence-electron chi connectivity index (χ3n) is 4.26. The van der Waals surface area contributed by atoms with E-state index in [0.717, 1.165) is 20.5 Å². The van der Waals surface area contributed by atoms with E-state index in [-0.39, 0.29) is 4.90 Å². The van der Waals surface area contributed by atoms with Crippen molar-refractivity contribution < 1.29 is 13.0 Å². The Labute approximate surface area is 162 Å². The van der Waals surface area contributed by atoms with Crippen molar-refractivity contribution >= 4 is 53.2 Å². The van der Waals surface area contributed by atoms with Gasteiger partial charge in [-0.15, -0.1) is 10.2 Å². The van der Waals surface area contributed by atoms with Gasteiger partial charge < -0.3 is 13.7 Å². The molecule has 0 fully saturated rings. The molecule has 4 rings (SSSR count). The van der Waals surface area contributed by atoms with Crippen LogP contribution < -0.4 is 9.60 Å². The molecule has 140 valence electrons. The standard InChI is InChI=1S/C17H16N4O3S3/c1-10-4-6-12-14(8-10)25-16(20(12)2)18-19-17-21(3)13-7-5-11(27(22,23)24)9-15(13)26-17/h4-9H,1-3H3,(H,22,23,24)/p-1/b18-16-,19-17+. The average Bonchev–Trinajstić information content (AvgIpc) is 3.09. The number of hydrogen-bond acceptors (Lipinski definition) is 7. The van der Waals surface area contributed by atoms with E-state index in [2.05, 4.69) is 28.4 Å². The maximum Gasteiger partial charge on any atom is 0.211 e. The smallest absolute Gasteiger partial charge is 0.211 e. The van der Waals surface area contributed by atoms with Gasteiger partial charge in [0.05, 0.1) is 25.3 Å². The Morgan fingerprint density at radius 1 is 0.889 bits per heavy atom. The predicted octanol–water partition coefficient (Wildman–Crippen LogP) is 2.42. The highest BCUT2D eigenvalue weighted by atomic mass is 32.2. The number of aromatic nitrogens is 2. The van der Waals surface area contributed by atoms with Gasteiger partial charge in [0.15, 0.2) is 0 Å². The molecule has 0 unspecified atom stereocenters. The van der Waals surface area contributed by atoms with Crippen LogP contribution in [0.1, 0.15) is 5.56 Å². The highest BCUT2D eigenvalue weighted by Gasteiger charge is 2.08. The molecule has 0 aliphatic rings. The summed E-state index contributed by atoms with van der Waals surface area (Å²) in [5, 5.41) is 8.74. The van der Waals surface area contributed by atoms with Crippen molar-refractivity contribution in [3.05, 3.63) is 51.6 Å². The van der Waals surface area contributed by atoms with Crippen LogP contribution in [0.4, 0.5) is 0 Å². The van der Waals surface area contributed by atoms with Crippen LogP contribution in [0.5, 0.6) is 0 Å². The van der Waals surface area contributed by atoms with E-state index in [1.807, 2.05) is 30.2 Å². The molecule has 0 radical (unpaired) electrons. The first-order valence-corrected chi connectivity index (χ1v) is 11.0. The Morgan fingerprint density at radius 2 is 1.41 bits per heavy atom. The van der Waals surface area contributed by atoms with Gasteiger partial charge in [0.1, 0.15) is 10.1 Å². The number of benzene rings is 2. The molecule has 0 spiro atoms. The molecule has 2 heterocycles. The molecule has 0 bridgehead atoms. The van der Waals surface area contributed by atoms with Crippen molar-refractivity contribution in [2.24, 2.45) is 24.3 Å². The Morgan fingerprint density at radius 3 is 1.96 bits per heavy atom. The molecule has 2 aromatic heterocycles. The molecule has 7 nitrogen and oxygen atoms in total. The van der Waals surface area contributed by atoms with Crippen molar-refractivity contribution in [2.45, 2.75) is 11.8 Å². The van der Waals surface area contributed by atoms with E-state index in [1.165, 1.54) is 29.0 Å². The second kappa shape index (κ2) is 6.41. The van der Waals surface area contributed by atoms with E-state index < -0.39 is 10.1 Å². The minimum atomic E-state index is -4.49. The largest absolute Gasteiger partial charge is 0.744 e. The molecule has 0 aliphatic heterocycles. The average molecular weight is 420 g/mol. The third kappa shape index (κ3) is 3.25. The highest BCUT2D eigenvalue weighted by molar-refractivity contribution is 7.85. The number of nitrogens with zero attached hydrogens (tertiary/aromatic N) is 4. The summed E-state index contributed by atoms with van der Waals surface area (Å²) >= 11 is 2.84. The van der Waals surface area contributed by atoms with Crippen molar-refractivity contribution in [3.63, 3.8) is 0 Å². The third-order valence-corrected chi connectivity index (χ3v) is 7.26. The summed E-state index contributed by atoms with van der Waals surface area (Å²) < 4.78 is 39.3. The van der Waals surface area contributed by atoms with Gasteiger partial charge in [0, 0.05) is 14.1 Å². The number of thiazole rings is 2. The Balaban J connectivity index is 1.89. The lowest BCUT2D eigenvalue weighted by Crippen LogP contribution is -2.13. The zero-order chi connectivity index (χ0) is 19.3. The summed E-state index contributed by atoms with van der Waals surface area (Å²) in [6.07, 6.45) is 0. The van der Waals surface area contributed by atoms with Crippen molar-refractivity contribution in [3.8, 4) is 0 Å². The van der Waals surface area contributed by atoms with Crippen molar-refractivity contribution in [1.82, 2.24) is 9.13 Å². The monoisotopic (exact) mass is 419 g/mol. The lowest BCUT2D eigenvalue weighted by molar-refractivity contribution is 0.463. The van der Waals surface area contributed by atoms with Gasteiger partial charge in [0.25, 0.3) is 0 Å². The molecule has 0 atom stereocenters. The number of rotatable bonds is 2. The summed E-state index contributed by atoms with van der Waals surface area (Å²) in [5.41, 5.74) is 3.07. The summed E-state index contributed by atoms with van der Waals surface area (Å²) in [4.78, 5) is 1.13. The maximum atomic E-state index is 11.2. The lowest BCUT2D eigenvalue weighted by Gasteiger charge is -2.06. The predicted molar refractivity (Wildman–Crippen MR) is 105 cm³/mol. The summed E-state index contributed by atoms with van der Waals surface area (Å²) in [6, 6.07) is 10.5. The summed E-state index contributed by atoms with van der Waals surface area (Å²) in [6.45, 7) is 2.05. The first-order valence-electron chi connectivity index (χ1n) is 7.93. The van der Waals surface area contributed by atoms with Crippen LogP contribution in [0, 0.1) is 6.92 Å². The minimum Gasteiger partial charge on any atom is -0.744 e. The molecule has 0 saturated heterocycles. The first kappa shape index (κ1) is 18.1. The van der Waals surface area contributed by atoms with Crippen molar-refractivity contribution in [1.29, 1.82) is 0 Å². The van der Waals surface area contributed by atoms with Gasteiger partial charge in [0.2, 0.25) is 9.60 Å². The van der Waals surface area contributed by atoms with Crippen LogP contribution in [0.3, 0.4) is 0 Å². The molecule has 10 heteroatoms. The van der Waals surface area contributed by atoms with Gasteiger partial charge in [-0.2, -0.15) is 0 Å². The topological polar surface area (TPSA) is 91.8 Å². The van der Waals surface area contributed by atoms with Crippen LogP contribution in [0.15, 0.2) is 51.5 Å². The molecule has 0 amide bonds. The minimum absolute atomic E-state index is 0.244. The van der Waals surface area contributed by atoms with E-state index >= 15 is 0 Å². The van der Waals surface area contributed by atoms with E-state index in [0.29, 0.717) is 9.50 Å². The Kier molecular flexibility index (Phi) is 4.30. The van der Waals surface area contributed by atoms with Gasteiger partial charge in [-0.1, -0.05) is 28.7 Å². The number of fused-ring (bicyclic) bond motifs is 2. The second-order valence-electron chi connectivity index (χ2n) is 6.14. The zero-order valence-corrected chi connectivity index (χ0v) is 17.2. The van der Waals surface area contributed by atoms with Crippen LogP contribution in [-0.4, -0.2) is 22.1 Å². The maximum absolute atomic E-state index is 11.2. The van der Waals surface area contributed by atoms with E-state index in [9.17, 15) is 13.0 Å². The van der Waals surface area contributed by atoms with Gasteiger partial charge >= 0.3 is 0 Å². The van der Waals surface area contributed by atoms with Gasteiger partial charge in [-0.05, 0) is 42.8 Å². The first-order chi connectivity index (χ1) is 12.7. The Hall–Kier alpha value is -2.27. The van der Waals surface area contributed by atoms with E-state index in [1.54, 1.807) is 17.4 Å². The van der Waals surface area contributed by atoms with E-state index in [4.69, 9.17) is 0 Å². The van der Waals surface area contributed by atoms with Crippen LogP contribution in [0.25, 0.3) is 20.4 Å². The summed E-state index contributed by atoms with van der Waals surface area (Å²) in [7, 11) is -0.716. The van der Waals surface area contributed by atoms with Crippen LogP contribution >= 0.6 is 22.7 Å². The fourth-order valence-electron chi connectivity index (χ4n) is 2.79. The molecule has 4 aromatic rings. The van der Waals surface area contributed by atoms with Crippen LogP contribution in [0.2, 0.25) is 0 Å². The molecule has 0 saturated carbocycles. The molecular weight excluding hydrogens is 404 g/mol. The normalized spacial score (nSPS) is 13.9. The highest BCUT2D eigenvalue weighted by Crippen LogP contribution is 2.21. The van der Waals surface area contributed by atoms with Crippen LogP contribution in [-0.2, 0) is 24.2 Å². The molecule has 27 heavy (non-hydrogen) atoms. The molecular formula is C17H15N4O3S3-. The fourth-order valence-corrected chi connectivity index (χ4v) is 5.44. The molecule has 0 N–H and O–H groups in total.